The van der Waals surface area contributed by atoms with Crippen LogP contribution >= 0.6 is 22.9 Å². The van der Waals surface area contributed by atoms with E-state index in [0.29, 0.717) is 28.6 Å². The maximum Gasteiger partial charge on any atom is 0.404 e. The van der Waals surface area contributed by atoms with Crippen LogP contribution in [0, 0.1) is 5.92 Å². The lowest BCUT2D eigenvalue weighted by atomic mass is 10.1. The molecule has 3 aromatic rings. The van der Waals surface area contributed by atoms with Gasteiger partial charge in [-0.25, -0.2) is 9.78 Å². The quantitative estimate of drug-likeness (QED) is 0.386. The summed E-state index contributed by atoms with van der Waals surface area (Å²) in [5, 5.41) is 7.93. The van der Waals surface area contributed by atoms with Crippen molar-refractivity contribution in [2.75, 3.05) is 20.2 Å². The van der Waals surface area contributed by atoms with Crippen LogP contribution in [-0.2, 0) is 17.7 Å². The van der Waals surface area contributed by atoms with E-state index in [9.17, 15) is 14.4 Å². The van der Waals surface area contributed by atoms with Crippen molar-refractivity contribution in [3.63, 3.8) is 0 Å². The van der Waals surface area contributed by atoms with E-state index >= 15 is 0 Å². The third-order valence-corrected chi connectivity index (χ3v) is 8.01. The first-order chi connectivity index (χ1) is 17.2. The van der Waals surface area contributed by atoms with Gasteiger partial charge in [-0.1, -0.05) is 11.6 Å². The molecule has 2 aliphatic rings. The van der Waals surface area contributed by atoms with Crippen LogP contribution in [0.3, 0.4) is 0 Å². The van der Waals surface area contributed by atoms with Gasteiger partial charge >= 0.3 is 6.09 Å². The van der Waals surface area contributed by atoms with Crippen molar-refractivity contribution >= 4 is 51.7 Å². The number of amides is 3. The highest BCUT2D eigenvalue weighted by atomic mass is 35.5. The fourth-order valence-corrected chi connectivity index (χ4v) is 6.19. The lowest BCUT2D eigenvalue weighted by molar-refractivity contribution is 0.0889. The van der Waals surface area contributed by atoms with Crippen molar-refractivity contribution in [3.05, 3.63) is 50.6 Å². The van der Waals surface area contributed by atoms with Gasteiger partial charge in [0, 0.05) is 52.4 Å². The number of rotatable bonds is 6. The van der Waals surface area contributed by atoms with Crippen molar-refractivity contribution in [1.29, 1.82) is 0 Å². The van der Waals surface area contributed by atoms with Crippen LogP contribution in [0.25, 0.3) is 10.9 Å². The summed E-state index contributed by atoms with van der Waals surface area (Å²) >= 11 is 7.47. The van der Waals surface area contributed by atoms with Crippen molar-refractivity contribution < 1.29 is 19.1 Å². The number of aromatic nitrogens is 2. The number of nitrogens with two attached hydrogens (primary N) is 1. The standard InChI is InChI=1S/C24H27ClN6O4S/c1-31-5-4-16-20(10-31)36-23(30-16)22(33)29-18-7-12(11-35-24(26)34)6-17(18)28-21(32)19-9-13-8-14(25)2-3-15(13)27-19/h2-3,8-9,12,17-18,27H,4-7,10-11H2,1H3,(H2,26,34)(H,28,32)(H,29,33)/t12?,17-,18-/m1/s1. The smallest absolute Gasteiger partial charge is 0.404 e. The molecule has 1 saturated carbocycles. The highest BCUT2D eigenvalue weighted by Gasteiger charge is 2.38. The zero-order valence-corrected chi connectivity index (χ0v) is 21.2. The molecule has 1 aromatic carbocycles. The summed E-state index contributed by atoms with van der Waals surface area (Å²) in [5.74, 6) is -0.624. The number of likely N-dealkylation sites (N-methyl/N-ethyl adjacent to an activating group) is 1. The number of hydrogen-bond acceptors (Lipinski definition) is 7. The molecule has 2 aromatic heterocycles. The number of ether oxygens (including phenoxy) is 1. The largest absolute Gasteiger partial charge is 0.449 e. The Labute approximate surface area is 216 Å². The fraction of sp³-hybridized carbons (Fsp3) is 0.417. The van der Waals surface area contributed by atoms with Gasteiger partial charge in [-0.3, -0.25) is 9.59 Å². The number of thiazole rings is 1. The number of nitrogens with zero attached hydrogens (tertiary/aromatic N) is 2. The SMILES string of the molecule is CN1CCc2nc(C(=O)N[C@@H]3CC(COC(N)=O)C[C@H]3NC(=O)c3cc4cc(Cl)ccc4[nH]3)sc2C1. The minimum atomic E-state index is -0.849. The number of carbonyl (C=O) groups excluding carboxylic acids is 3. The Morgan fingerprint density at radius 1 is 1.22 bits per heavy atom. The first-order valence-corrected chi connectivity index (χ1v) is 12.9. The highest BCUT2D eigenvalue weighted by molar-refractivity contribution is 7.13. The molecule has 3 heterocycles. The maximum atomic E-state index is 13.1. The maximum absolute atomic E-state index is 13.1. The van der Waals surface area contributed by atoms with Gasteiger partial charge in [0.05, 0.1) is 12.3 Å². The van der Waals surface area contributed by atoms with Crippen molar-refractivity contribution in [2.45, 2.75) is 37.9 Å². The van der Waals surface area contributed by atoms with Gasteiger partial charge in [0.15, 0.2) is 5.01 Å². The molecule has 0 radical (unpaired) electrons. The second-order valence-electron chi connectivity index (χ2n) is 9.42. The molecule has 1 aliphatic heterocycles. The summed E-state index contributed by atoms with van der Waals surface area (Å²) in [6, 6.07) is 6.37. The molecule has 10 nitrogen and oxygen atoms in total. The number of nitrogens with one attached hydrogen (secondary N) is 3. The molecule has 5 N–H and O–H groups in total. The third-order valence-electron chi connectivity index (χ3n) is 6.70. The predicted octanol–water partition coefficient (Wildman–Crippen LogP) is 2.67. The minimum Gasteiger partial charge on any atom is -0.449 e. The summed E-state index contributed by atoms with van der Waals surface area (Å²) in [7, 11) is 2.05. The van der Waals surface area contributed by atoms with Crippen LogP contribution < -0.4 is 16.4 Å². The van der Waals surface area contributed by atoms with Crippen molar-refractivity contribution in [2.24, 2.45) is 11.7 Å². The van der Waals surface area contributed by atoms with E-state index in [1.165, 1.54) is 11.3 Å². The summed E-state index contributed by atoms with van der Waals surface area (Å²) in [5.41, 5.74) is 7.30. The molecule has 0 bridgehead atoms. The van der Waals surface area contributed by atoms with Crippen LogP contribution in [0.15, 0.2) is 24.3 Å². The number of hydrogen-bond donors (Lipinski definition) is 4. The van der Waals surface area contributed by atoms with E-state index < -0.39 is 6.09 Å². The van der Waals surface area contributed by atoms with Crippen molar-refractivity contribution in [3.8, 4) is 0 Å². The topological polar surface area (TPSA) is 142 Å². The molecule has 190 valence electrons. The molecule has 0 spiro atoms. The van der Waals surface area contributed by atoms with Crippen LogP contribution in [0.5, 0.6) is 0 Å². The highest BCUT2D eigenvalue weighted by Crippen LogP contribution is 2.29. The van der Waals surface area contributed by atoms with Crippen LogP contribution in [0.4, 0.5) is 4.79 Å². The number of benzene rings is 1. The molecular formula is C24H27ClN6O4S. The van der Waals surface area contributed by atoms with Crippen LogP contribution in [0.2, 0.25) is 5.02 Å². The molecule has 36 heavy (non-hydrogen) atoms. The molecule has 3 atom stereocenters. The van der Waals surface area contributed by atoms with E-state index in [1.807, 2.05) is 13.1 Å². The molecule has 1 aliphatic carbocycles. The molecule has 3 amide bonds. The van der Waals surface area contributed by atoms with E-state index in [-0.39, 0.29) is 36.4 Å². The summed E-state index contributed by atoms with van der Waals surface area (Å²) in [6.45, 7) is 1.82. The number of halogens is 1. The Morgan fingerprint density at radius 3 is 2.72 bits per heavy atom. The average Bonchev–Trinajstić information content (AvgIpc) is 3.54. The van der Waals surface area contributed by atoms with Gasteiger partial charge in [0.1, 0.15) is 5.69 Å². The Morgan fingerprint density at radius 2 is 1.97 bits per heavy atom. The Balaban J connectivity index is 1.30. The van der Waals surface area contributed by atoms with Crippen molar-refractivity contribution in [1.82, 2.24) is 25.5 Å². The number of carbonyl (C=O) groups is 3. The molecule has 5 rings (SSSR count). The zero-order chi connectivity index (χ0) is 25.4. The van der Waals surface area contributed by atoms with E-state index in [4.69, 9.17) is 22.1 Å². The number of fused-ring (bicyclic) bond motifs is 2. The zero-order valence-electron chi connectivity index (χ0n) is 19.7. The van der Waals surface area contributed by atoms with Gasteiger partial charge < -0.3 is 31.0 Å². The average molecular weight is 531 g/mol. The van der Waals surface area contributed by atoms with E-state index in [0.717, 1.165) is 41.0 Å². The summed E-state index contributed by atoms with van der Waals surface area (Å²) in [4.78, 5) is 48.3. The Kier molecular flexibility index (Phi) is 6.87. The second kappa shape index (κ2) is 10.1. The lowest BCUT2D eigenvalue weighted by Crippen LogP contribution is -2.48. The van der Waals surface area contributed by atoms with E-state index in [2.05, 4.69) is 25.5 Å². The second-order valence-corrected chi connectivity index (χ2v) is 10.9. The normalized spacial score (nSPS) is 21.8. The van der Waals surface area contributed by atoms with Gasteiger partial charge in [0.2, 0.25) is 0 Å². The minimum absolute atomic E-state index is 0.0622. The van der Waals surface area contributed by atoms with Crippen LogP contribution in [-0.4, -0.2) is 65.1 Å². The summed E-state index contributed by atoms with van der Waals surface area (Å²) in [6.07, 6.45) is 1.02. The molecule has 12 heteroatoms. The lowest BCUT2D eigenvalue weighted by Gasteiger charge is -2.21. The number of H-pyrrole nitrogens is 1. The predicted molar refractivity (Wildman–Crippen MR) is 136 cm³/mol. The first-order valence-electron chi connectivity index (χ1n) is 11.7. The third kappa shape index (κ3) is 5.32. The van der Waals surface area contributed by atoms with E-state index in [1.54, 1.807) is 18.2 Å². The Bertz CT molecular complexity index is 1320. The molecule has 1 fully saturated rings. The Hall–Kier alpha value is -3.15. The summed E-state index contributed by atoms with van der Waals surface area (Å²) < 4.78 is 5.00. The molecular weight excluding hydrogens is 504 g/mol. The molecule has 1 unspecified atom stereocenters. The monoisotopic (exact) mass is 530 g/mol. The first kappa shape index (κ1) is 24.5. The van der Waals surface area contributed by atoms with Gasteiger partial charge in [-0.2, -0.15) is 0 Å². The van der Waals surface area contributed by atoms with Crippen LogP contribution in [0.1, 0.15) is 43.7 Å². The van der Waals surface area contributed by atoms with Gasteiger partial charge in [-0.05, 0) is 50.1 Å². The van der Waals surface area contributed by atoms with Gasteiger partial charge in [0.25, 0.3) is 11.8 Å². The number of primary amides is 1. The number of aromatic amines is 1. The fourth-order valence-electron chi connectivity index (χ4n) is 4.92. The molecule has 0 saturated heterocycles. The van der Waals surface area contributed by atoms with Gasteiger partial charge in [-0.15, -0.1) is 11.3 Å².